The lowest BCUT2D eigenvalue weighted by atomic mass is 10.0. The molecule has 1 N–H and O–H groups in total. The van der Waals surface area contributed by atoms with Gasteiger partial charge in [0.15, 0.2) is 0 Å². The Labute approximate surface area is 269 Å². The van der Waals surface area contributed by atoms with Gasteiger partial charge in [-0.05, 0) is 61.7 Å². The van der Waals surface area contributed by atoms with Crippen molar-refractivity contribution in [3.63, 3.8) is 0 Å². The van der Waals surface area contributed by atoms with E-state index in [1.165, 1.54) is 29.2 Å². The van der Waals surface area contributed by atoms with Crippen LogP contribution >= 0.6 is 11.6 Å². The van der Waals surface area contributed by atoms with Crippen molar-refractivity contribution in [3.05, 3.63) is 131 Å². The molecule has 4 rings (SSSR count). The van der Waals surface area contributed by atoms with E-state index in [2.05, 4.69) is 5.32 Å². The molecule has 0 spiro atoms. The summed E-state index contributed by atoms with van der Waals surface area (Å²) in [6, 6.07) is 27.0. The number of rotatable bonds is 13. The molecule has 236 valence electrons. The molecule has 0 aliphatic heterocycles. The van der Waals surface area contributed by atoms with Crippen molar-refractivity contribution in [1.82, 2.24) is 10.2 Å². The van der Waals surface area contributed by atoms with E-state index in [0.29, 0.717) is 6.42 Å². The summed E-state index contributed by atoms with van der Waals surface area (Å²) in [6.45, 7) is 5.16. The molecule has 0 aliphatic rings. The minimum Gasteiger partial charge on any atom is -0.352 e. The van der Waals surface area contributed by atoms with Gasteiger partial charge in [0.2, 0.25) is 11.8 Å². The summed E-state index contributed by atoms with van der Waals surface area (Å²) in [5.74, 6) is -1.69. The Bertz CT molecular complexity index is 1720. The smallest absolute Gasteiger partial charge is 0.264 e. The summed E-state index contributed by atoms with van der Waals surface area (Å²) in [6.07, 6.45) is 0.887. The third-order valence-electron chi connectivity index (χ3n) is 7.51. The molecular weight excluding hydrogens is 613 g/mol. The van der Waals surface area contributed by atoms with Crippen LogP contribution in [0.4, 0.5) is 10.1 Å². The summed E-state index contributed by atoms with van der Waals surface area (Å²) in [5, 5.41) is 2.72. The third kappa shape index (κ3) is 8.71. The first-order valence-corrected chi connectivity index (χ1v) is 16.5. The first-order chi connectivity index (χ1) is 21.5. The Balaban J connectivity index is 1.82. The highest BCUT2D eigenvalue weighted by Crippen LogP contribution is 2.28. The summed E-state index contributed by atoms with van der Waals surface area (Å²) in [5.41, 5.74) is 2.60. The van der Waals surface area contributed by atoms with Gasteiger partial charge in [-0.1, -0.05) is 96.9 Å². The number of hydrogen-bond donors (Lipinski definition) is 1. The predicted molar refractivity (Wildman–Crippen MR) is 176 cm³/mol. The molecule has 4 aromatic carbocycles. The molecule has 0 bridgehead atoms. The van der Waals surface area contributed by atoms with Crippen molar-refractivity contribution in [1.29, 1.82) is 0 Å². The van der Waals surface area contributed by atoms with Crippen LogP contribution in [0.25, 0.3) is 0 Å². The summed E-state index contributed by atoms with van der Waals surface area (Å²) >= 11 is 6.07. The number of nitrogens with one attached hydrogen (secondary N) is 1. The van der Waals surface area contributed by atoms with E-state index < -0.39 is 34.3 Å². The summed E-state index contributed by atoms with van der Waals surface area (Å²) in [4.78, 5) is 29.7. The highest BCUT2D eigenvalue weighted by molar-refractivity contribution is 7.92. The van der Waals surface area contributed by atoms with Crippen molar-refractivity contribution in [2.24, 2.45) is 0 Å². The molecule has 7 nitrogen and oxygen atoms in total. The molecule has 0 heterocycles. The fourth-order valence-electron chi connectivity index (χ4n) is 4.89. The second-order valence-corrected chi connectivity index (χ2v) is 13.2. The van der Waals surface area contributed by atoms with E-state index >= 15 is 0 Å². The van der Waals surface area contributed by atoms with Crippen LogP contribution in [0.3, 0.4) is 0 Å². The van der Waals surface area contributed by atoms with Gasteiger partial charge in [-0.25, -0.2) is 12.8 Å². The SMILES string of the molecule is CC[C@H](C)NC(=O)[C@@H](Cc1ccccc1)N(Cc1cccc(C)c1)C(=O)CN(c1ccc(F)c(Cl)c1)S(=O)(=O)c1ccccc1. The zero-order valence-corrected chi connectivity index (χ0v) is 27.1. The lowest BCUT2D eigenvalue weighted by Gasteiger charge is -2.34. The highest BCUT2D eigenvalue weighted by atomic mass is 35.5. The van der Waals surface area contributed by atoms with Crippen LogP contribution in [0.5, 0.6) is 0 Å². The molecule has 2 amide bonds. The van der Waals surface area contributed by atoms with Gasteiger partial charge in [0, 0.05) is 19.0 Å². The van der Waals surface area contributed by atoms with Gasteiger partial charge in [0.05, 0.1) is 15.6 Å². The van der Waals surface area contributed by atoms with Crippen LogP contribution in [0.15, 0.2) is 108 Å². The minimum atomic E-state index is -4.32. The average Bonchev–Trinajstić information content (AvgIpc) is 3.03. The largest absolute Gasteiger partial charge is 0.352 e. The highest BCUT2D eigenvalue weighted by Gasteiger charge is 2.35. The van der Waals surface area contributed by atoms with Crippen molar-refractivity contribution in [3.8, 4) is 0 Å². The molecule has 10 heteroatoms. The molecule has 0 radical (unpaired) electrons. The third-order valence-corrected chi connectivity index (χ3v) is 9.59. The zero-order chi connectivity index (χ0) is 32.6. The zero-order valence-electron chi connectivity index (χ0n) is 25.5. The Morgan fingerprint density at radius 2 is 1.53 bits per heavy atom. The monoisotopic (exact) mass is 649 g/mol. The number of aryl methyl sites for hydroxylation is 1. The molecule has 0 saturated carbocycles. The van der Waals surface area contributed by atoms with E-state index in [9.17, 15) is 22.4 Å². The Kier molecular flexibility index (Phi) is 11.4. The molecule has 45 heavy (non-hydrogen) atoms. The minimum absolute atomic E-state index is 0.0118. The predicted octanol–water partition coefficient (Wildman–Crippen LogP) is 6.54. The second-order valence-electron chi connectivity index (χ2n) is 11.0. The fourth-order valence-corrected chi connectivity index (χ4v) is 6.49. The van der Waals surface area contributed by atoms with Crippen molar-refractivity contribution in [2.75, 3.05) is 10.8 Å². The Morgan fingerprint density at radius 1 is 0.889 bits per heavy atom. The van der Waals surface area contributed by atoms with E-state index in [4.69, 9.17) is 11.6 Å². The van der Waals surface area contributed by atoms with Gasteiger partial charge < -0.3 is 10.2 Å². The fraction of sp³-hybridized carbons (Fsp3) is 0.257. The summed E-state index contributed by atoms with van der Waals surface area (Å²) < 4.78 is 43.1. The van der Waals surface area contributed by atoms with Crippen molar-refractivity contribution < 1.29 is 22.4 Å². The maximum atomic E-state index is 14.5. The maximum absolute atomic E-state index is 14.5. The molecule has 2 atom stereocenters. The van der Waals surface area contributed by atoms with E-state index in [1.54, 1.807) is 18.2 Å². The quantitative estimate of drug-likeness (QED) is 0.178. The number of benzene rings is 4. The molecule has 0 fully saturated rings. The lowest BCUT2D eigenvalue weighted by Crippen LogP contribution is -2.54. The van der Waals surface area contributed by atoms with Crippen LogP contribution in [-0.2, 0) is 32.6 Å². The van der Waals surface area contributed by atoms with Gasteiger partial charge in [0.1, 0.15) is 18.4 Å². The van der Waals surface area contributed by atoms with Gasteiger partial charge in [-0.2, -0.15) is 0 Å². The van der Waals surface area contributed by atoms with Crippen LogP contribution in [0.1, 0.15) is 37.0 Å². The van der Waals surface area contributed by atoms with Crippen molar-refractivity contribution in [2.45, 2.75) is 57.1 Å². The number of carbonyl (C=O) groups excluding carboxylic acids is 2. The number of anilines is 1. The number of nitrogens with zero attached hydrogens (tertiary/aromatic N) is 2. The van der Waals surface area contributed by atoms with Crippen LogP contribution in [0.2, 0.25) is 5.02 Å². The van der Waals surface area contributed by atoms with E-state index in [1.807, 2.05) is 75.4 Å². The van der Waals surface area contributed by atoms with Crippen molar-refractivity contribution >= 4 is 39.1 Å². The molecule has 4 aromatic rings. The standard InChI is InChI=1S/C35H37ClFN3O4S/c1-4-26(3)38-35(42)33(21-27-13-7-5-8-14-27)39(23-28-15-11-12-25(2)20-28)34(41)24-40(29-18-19-32(37)31(36)22-29)45(43,44)30-16-9-6-10-17-30/h5-20,22,26,33H,4,21,23-24H2,1-3H3,(H,38,42)/t26-,33+/m0/s1. The van der Waals surface area contributed by atoms with Crippen LogP contribution in [0, 0.1) is 12.7 Å². The molecule has 0 aromatic heterocycles. The Morgan fingerprint density at radius 3 is 2.16 bits per heavy atom. The second kappa shape index (κ2) is 15.2. The van der Waals surface area contributed by atoms with E-state index in [-0.39, 0.29) is 40.5 Å². The number of hydrogen-bond acceptors (Lipinski definition) is 4. The normalized spacial score (nSPS) is 12.6. The number of sulfonamides is 1. The van der Waals surface area contributed by atoms with Gasteiger partial charge in [-0.15, -0.1) is 0 Å². The Hall–Kier alpha value is -4.21. The van der Waals surface area contributed by atoms with Gasteiger partial charge in [-0.3, -0.25) is 13.9 Å². The van der Waals surface area contributed by atoms with E-state index in [0.717, 1.165) is 27.1 Å². The molecule has 0 unspecified atom stereocenters. The maximum Gasteiger partial charge on any atom is 0.264 e. The molecule has 0 saturated heterocycles. The van der Waals surface area contributed by atoms with Crippen LogP contribution in [-0.4, -0.2) is 43.8 Å². The van der Waals surface area contributed by atoms with Crippen LogP contribution < -0.4 is 9.62 Å². The van der Waals surface area contributed by atoms with Gasteiger partial charge in [0.25, 0.3) is 10.0 Å². The number of halogens is 2. The average molecular weight is 650 g/mol. The number of carbonyl (C=O) groups is 2. The number of amides is 2. The molecule has 0 aliphatic carbocycles. The first kappa shape index (κ1) is 33.7. The lowest BCUT2D eigenvalue weighted by molar-refractivity contribution is -0.140. The topological polar surface area (TPSA) is 86.8 Å². The molecular formula is C35H37ClFN3O4S. The first-order valence-electron chi connectivity index (χ1n) is 14.7. The van der Waals surface area contributed by atoms with Gasteiger partial charge >= 0.3 is 0 Å². The summed E-state index contributed by atoms with van der Waals surface area (Å²) in [7, 11) is -4.32.